The van der Waals surface area contributed by atoms with Crippen LogP contribution in [0.25, 0.3) is 16.7 Å². The molecule has 0 saturated heterocycles. The fraction of sp³-hybridized carbons (Fsp3) is 0.0667. The van der Waals surface area contributed by atoms with Crippen molar-refractivity contribution < 1.29 is 4.74 Å². The molecule has 1 N–H and O–H groups in total. The van der Waals surface area contributed by atoms with Crippen molar-refractivity contribution in [1.29, 1.82) is 5.26 Å². The van der Waals surface area contributed by atoms with Gasteiger partial charge < -0.3 is 9.72 Å². The fourth-order valence-corrected chi connectivity index (χ4v) is 3.11. The second-order valence-electron chi connectivity index (χ2n) is 4.40. The Bertz CT molecular complexity index is 936. The Morgan fingerprint density at radius 1 is 1.33 bits per heavy atom. The summed E-state index contributed by atoms with van der Waals surface area (Å²) >= 11 is 8.87. The number of nitrogens with one attached hydrogen (secondary N) is 1. The number of rotatable bonds is 2. The molecule has 0 amide bonds. The maximum atomic E-state index is 9.18. The van der Waals surface area contributed by atoms with Crippen molar-refractivity contribution in [3.63, 3.8) is 0 Å². The summed E-state index contributed by atoms with van der Waals surface area (Å²) in [5, 5.41) is 9.18. The molecule has 4 nitrogen and oxygen atoms in total. The van der Waals surface area contributed by atoms with Gasteiger partial charge in [-0.2, -0.15) is 5.26 Å². The van der Waals surface area contributed by atoms with E-state index >= 15 is 0 Å². The third-order valence-corrected chi connectivity index (χ3v) is 4.14. The number of benzene rings is 2. The summed E-state index contributed by atoms with van der Waals surface area (Å²) in [5.74, 6) is 0.753. The molecule has 1 heterocycles. The summed E-state index contributed by atoms with van der Waals surface area (Å²) in [6.07, 6.45) is 0. The lowest BCUT2D eigenvalue weighted by Crippen LogP contribution is -1.95. The smallest absolute Gasteiger partial charge is 0.182 e. The number of ether oxygens (including phenoxy) is 1. The minimum atomic E-state index is 0.546. The molecule has 0 spiro atoms. The maximum Gasteiger partial charge on any atom is 0.182 e. The number of methoxy groups -OCH3 is 1. The Morgan fingerprint density at radius 3 is 2.81 bits per heavy atom. The van der Waals surface area contributed by atoms with Crippen LogP contribution < -0.4 is 4.74 Å². The van der Waals surface area contributed by atoms with Crippen LogP contribution in [-0.2, 0) is 0 Å². The van der Waals surface area contributed by atoms with E-state index in [1.54, 1.807) is 13.2 Å². The molecule has 0 atom stereocenters. The molecule has 2 aromatic carbocycles. The van der Waals surface area contributed by atoms with E-state index in [9.17, 15) is 5.26 Å². The molecule has 3 rings (SSSR count). The largest absolute Gasteiger partial charge is 0.496 e. The molecular formula is C15H10BrN3OS. The van der Waals surface area contributed by atoms with Crippen molar-refractivity contribution in [2.45, 2.75) is 0 Å². The van der Waals surface area contributed by atoms with Crippen molar-refractivity contribution in [3.8, 4) is 17.5 Å². The van der Waals surface area contributed by atoms with E-state index in [-0.39, 0.29) is 0 Å². The lowest BCUT2D eigenvalue weighted by molar-refractivity contribution is 0.412. The summed E-state index contributed by atoms with van der Waals surface area (Å²) in [6, 6.07) is 13.4. The molecule has 21 heavy (non-hydrogen) atoms. The number of imidazole rings is 1. The molecule has 0 aliphatic heterocycles. The predicted molar refractivity (Wildman–Crippen MR) is 87.4 cm³/mol. The average Bonchev–Trinajstić information content (AvgIpc) is 2.82. The zero-order chi connectivity index (χ0) is 15.0. The van der Waals surface area contributed by atoms with Crippen LogP contribution in [0, 0.1) is 16.1 Å². The van der Waals surface area contributed by atoms with E-state index in [4.69, 9.17) is 17.0 Å². The van der Waals surface area contributed by atoms with Gasteiger partial charge in [-0.15, -0.1) is 0 Å². The van der Waals surface area contributed by atoms with Crippen molar-refractivity contribution >= 4 is 39.2 Å². The van der Waals surface area contributed by atoms with Gasteiger partial charge in [0.15, 0.2) is 4.77 Å². The summed E-state index contributed by atoms with van der Waals surface area (Å²) in [6.45, 7) is 0. The van der Waals surface area contributed by atoms with Crippen LogP contribution in [0.1, 0.15) is 5.56 Å². The van der Waals surface area contributed by atoms with E-state index < -0.39 is 0 Å². The summed E-state index contributed by atoms with van der Waals surface area (Å²) in [4.78, 5) is 3.10. The first-order valence-corrected chi connectivity index (χ1v) is 7.33. The molecular weight excluding hydrogens is 350 g/mol. The highest BCUT2D eigenvalue weighted by Crippen LogP contribution is 2.29. The molecule has 0 fully saturated rings. The van der Waals surface area contributed by atoms with Crippen LogP contribution in [0.15, 0.2) is 40.9 Å². The SMILES string of the molecule is COc1ccc(-n2c(=S)[nH]c3c(C#N)cccc32)cc1Br. The molecule has 0 bridgehead atoms. The normalized spacial score (nSPS) is 10.5. The van der Waals surface area contributed by atoms with Crippen molar-refractivity contribution in [3.05, 3.63) is 51.2 Å². The van der Waals surface area contributed by atoms with Gasteiger partial charge in [0, 0.05) is 5.69 Å². The predicted octanol–water partition coefficient (Wildman–Crippen LogP) is 4.33. The fourth-order valence-electron chi connectivity index (χ4n) is 2.27. The number of fused-ring (bicyclic) bond motifs is 1. The van der Waals surface area contributed by atoms with Gasteiger partial charge in [-0.25, -0.2) is 0 Å². The molecule has 0 unspecified atom stereocenters. The Kier molecular flexibility index (Phi) is 3.53. The first kappa shape index (κ1) is 13.9. The van der Waals surface area contributed by atoms with Gasteiger partial charge >= 0.3 is 0 Å². The Labute approximate surface area is 134 Å². The minimum absolute atomic E-state index is 0.546. The van der Waals surface area contributed by atoms with Gasteiger partial charge in [-0.05, 0) is 58.5 Å². The van der Waals surface area contributed by atoms with Crippen LogP contribution in [0.3, 0.4) is 0 Å². The van der Waals surface area contributed by atoms with Gasteiger partial charge in [-0.1, -0.05) is 6.07 Å². The highest BCUT2D eigenvalue weighted by molar-refractivity contribution is 9.10. The van der Waals surface area contributed by atoms with Crippen molar-refractivity contribution in [2.75, 3.05) is 7.11 Å². The quantitative estimate of drug-likeness (QED) is 0.692. The summed E-state index contributed by atoms with van der Waals surface area (Å²) < 4.78 is 8.53. The van der Waals surface area contributed by atoms with E-state index in [0.29, 0.717) is 10.3 Å². The van der Waals surface area contributed by atoms with Gasteiger partial charge in [0.05, 0.1) is 28.2 Å². The van der Waals surface area contributed by atoms with Crippen LogP contribution in [0.2, 0.25) is 0 Å². The van der Waals surface area contributed by atoms with E-state index in [1.807, 2.05) is 34.9 Å². The number of aromatic amines is 1. The monoisotopic (exact) mass is 359 g/mol. The number of H-pyrrole nitrogens is 1. The van der Waals surface area contributed by atoms with E-state index in [0.717, 1.165) is 26.9 Å². The molecule has 104 valence electrons. The number of nitriles is 1. The number of nitrogens with zero attached hydrogens (tertiary/aromatic N) is 2. The molecule has 0 radical (unpaired) electrons. The maximum absolute atomic E-state index is 9.18. The number of hydrogen-bond acceptors (Lipinski definition) is 3. The van der Waals surface area contributed by atoms with Crippen LogP contribution in [0.5, 0.6) is 5.75 Å². The second kappa shape index (κ2) is 5.35. The molecule has 0 aliphatic rings. The third kappa shape index (κ3) is 2.24. The van der Waals surface area contributed by atoms with E-state index in [1.165, 1.54) is 0 Å². The van der Waals surface area contributed by atoms with Crippen LogP contribution >= 0.6 is 28.1 Å². The highest BCUT2D eigenvalue weighted by Gasteiger charge is 2.11. The molecule has 1 aromatic heterocycles. The van der Waals surface area contributed by atoms with Gasteiger partial charge in [0.2, 0.25) is 0 Å². The molecule has 0 aliphatic carbocycles. The zero-order valence-electron chi connectivity index (χ0n) is 11.1. The number of aromatic nitrogens is 2. The first-order valence-electron chi connectivity index (χ1n) is 6.13. The Balaban J connectivity index is 2.31. The first-order chi connectivity index (χ1) is 10.2. The summed E-state index contributed by atoms with van der Waals surface area (Å²) in [7, 11) is 1.62. The van der Waals surface area contributed by atoms with Gasteiger partial charge in [0.1, 0.15) is 11.8 Å². The number of para-hydroxylation sites is 1. The Hall–Kier alpha value is -2.10. The number of halogens is 1. The van der Waals surface area contributed by atoms with E-state index in [2.05, 4.69) is 27.0 Å². The second-order valence-corrected chi connectivity index (χ2v) is 5.64. The van der Waals surface area contributed by atoms with Gasteiger partial charge in [-0.3, -0.25) is 4.57 Å². The van der Waals surface area contributed by atoms with Crippen molar-refractivity contribution in [1.82, 2.24) is 9.55 Å². The lowest BCUT2D eigenvalue weighted by Gasteiger charge is -2.08. The zero-order valence-corrected chi connectivity index (χ0v) is 13.5. The van der Waals surface area contributed by atoms with Crippen LogP contribution in [0.4, 0.5) is 0 Å². The topological polar surface area (TPSA) is 53.7 Å². The Morgan fingerprint density at radius 2 is 2.14 bits per heavy atom. The van der Waals surface area contributed by atoms with Crippen LogP contribution in [-0.4, -0.2) is 16.7 Å². The lowest BCUT2D eigenvalue weighted by atomic mass is 10.2. The number of hydrogen-bond donors (Lipinski definition) is 1. The molecule has 0 saturated carbocycles. The minimum Gasteiger partial charge on any atom is -0.496 e. The standard InChI is InChI=1S/C15H10BrN3OS/c1-20-13-6-5-10(7-11(13)16)19-12-4-2-3-9(8-17)14(12)18-15(19)21/h2-7H,1H3,(H,18,21). The van der Waals surface area contributed by atoms with Gasteiger partial charge in [0.25, 0.3) is 0 Å². The average molecular weight is 360 g/mol. The third-order valence-electron chi connectivity index (χ3n) is 3.23. The molecule has 3 aromatic rings. The highest BCUT2D eigenvalue weighted by atomic mass is 79.9. The van der Waals surface area contributed by atoms with Crippen molar-refractivity contribution in [2.24, 2.45) is 0 Å². The summed E-state index contributed by atoms with van der Waals surface area (Å²) in [5.41, 5.74) is 3.09. The molecule has 6 heteroatoms.